The summed E-state index contributed by atoms with van der Waals surface area (Å²) < 4.78 is 2.02. The molecule has 3 heterocycles. The van der Waals surface area contributed by atoms with Crippen molar-refractivity contribution in [3.63, 3.8) is 0 Å². The molecule has 1 aromatic carbocycles. The number of carbonyl (C=O) groups excluding carboxylic acids is 1. The fraction of sp³-hybridized carbons (Fsp3) is 0.500. The van der Waals surface area contributed by atoms with Crippen molar-refractivity contribution in [3.8, 4) is 0 Å². The van der Waals surface area contributed by atoms with Crippen LogP contribution in [0.3, 0.4) is 0 Å². The van der Waals surface area contributed by atoms with Gasteiger partial charge in [0.05, 0.1) is 11.3 Å². The van der Waals surface area contributed by atoms with Crippen LogP contribution in [0.25, 0.3) is 16.6 Å². The molecule has 27 heavy (non-hydrogen) atoms. The zero-order chi connectivity index (χ0) is 19.0. The van der Waals surface area contributed by atoms with E-state index in [9.17, 15) is 4.79 Å². The Balaban J connectivity index is 1.66. The molecule has 142 valence electrons. The quantitative estimate of drug-likeness (QED) is 0.640. The SMILES string of the molecule is CC(C)c1nc2ccccc2c2nnc(SCC(=O)N3CCCC[C@@H]3C)n12. The van der Waals surface area contributed by atoms with Crippen LogP contribution in [0, 0.1) is 0 Å². The molecule has 0 bridgehead atoms. The molecule has 1 saturated heterocycles. The highest BCUT2D eigenvalue weighted by atomic mass is 32.2. The molecule has 0 N–H and O–H groups in total. The van der Waals surface area contributed by atoms with Crippen LogP contribution in [0.1, 0.15) is 51.8 Å². The Hall–Kier alpha value is -2.15. The number of para-hydroxylation sites is 1. The summed E-state index contributed by atoms with van der Waals surface area (Å²) in [6.45, 7) is 7.24. The van der Waals surface area contributed by atoms with E-state index in [1.54, 1.807) is 0 Å². The van der Waals surface area contributed by atoms with Crippen molar-refractivity contribution in [3.05, 3.63) is 30.1 Å². The van der Waals surface area contributed by atoms with Crippen molar-refractivity contribution in [1.82, 2.24) is 24.5 Å². The minimum Gasteiger partial charge on any atom is -0.339 e. The van der Waals surface area contributed by atoms with Gasteiger partial charge in [-0.1, -0.05) is 37.7 Å². The standard InChI is InChI=1S/C20H25N5OS/c1-13(2)18-21-16-10-5-4-9-15(16)19-22-23-20(25(18)19)27-12-17(26)24-11-7-6-8-14(24)3/h4-5,9-10,13-14H,6-8,11-12H2,1-3H3/t14-/m0/s1. The summed E-state index contributed by atoms with van der Waals surface area (Å²) in [6, 6.07) is 8.33. The van der Waals surface area contributed by atoms with Gasteiger partial charge in [-0.15, -0.1) is 10.2 Å². The van der Waals surface area contributed by atoms with Gasteiger partial charge < -0.3 is 4.90 Å². The lowest BCUT2D eigenvalue weighted by Crippen LogP contribution is -2.42. The number of fused-ring (bicyclic) bond motifs is 3. The van der Waals surface area contributed by atoms with Crippen molar-refractivity contribution < 1.29 is 4.79 Å². The molecule has 0 aliphatic carbocycles. The highest BCUT2D eigenvalue weighted by Crippen LogP contribution is 2.27. The normalized spacial score (nSPS) is 17.9. The first-order valence-electron chi connectivity index (χ1n) is 9.62. The van der Waals surface area contributed by atoms with Gasteiger partial charge in [0.1, 0.15) is 5.82 Å². The van der Waals surface area contributed by atoms with Crippen LogP contribution in [-0.2, 0) is 4.79 Å². The molecule has 7 heteroatoms. The minimum atomic E-state index is 0.184. The summed E-state index contributed by atoms with van der Waals surface area (Å²) in [5.74, 6) is 1.72. The van der Waals surface area contributed by atoms with E-state index in [4.69, 9.17) is 4.98 Å². The van der Waals surface area contributed by atoms with Crippen LogP contribution < -0.4 is 0 Å². The molecule has 0 radical (unpaired) electrons. The van der Waals surface area contributed by atoms with Crippen molar-refractivity contribution >= 4 is 34.2 Å². The lowest BCUT2D eigenvalue weighted by Gasteiger charge is -2.33. The van der Waals surface area contributed by atoms with E-state index in [-0.39, 0.29) is 11.8 Å². The molecule has 2 aromatic heterocycles. The first-order valence-corrected chi connectivity index (χ1v) is 10.6. The fourth-order valence-corrected chi connectivity index (χ4v) is 4.57. The summed E-state index contributed by atoms with van der Waals surface area (Å²) >= 11 is 1.46. The number of carbonyl (C=O) groups is 1. The highest BCUT2D eigenvalue weighted by Gasteiger charge is 2.24. The monoisotopic (exact) mass is 383 g/mol. The number of amides is 1. The zero-order valence-electron chi connectivity index (χ0n) is 16.1. The molecule has 0 unspecified atom stereocenters. The summed E-state index contributed by atoms with van der Waals surface area (Å²) in [5.41, 5.74) is 1.74. The van der Waals surface area contributed by atoms with Crippen LogP contribution in [-0.4, -0.2) is 48.7 Å². The Bertz CT molecular complexity index is 983. The molecule has 1 amide bonds. The van der Waals surface area contributed by atoms with E-state index in [2.05, 4.69) is 31.0 Å². The van der Waals surface area contributed by atoms with Gasteiger partial charge >= 0.3 is 0 Å². The molecular weight excluding hydrogens is 358 g/mol. The molecule has 6 nitrogen and oxygen atoms in total. The number of aromatic nitrogens is 4. The maximum absolute atomic E-state index is 12.7. The second-order valence-electron chi connectivity index (χ2n) is 7.50. The molecule has 0 saturated carbocycles. The number of rotatable bonds is 4. The number of benzene rings is 1. The second kappa shape index (κ2) is 7.46. The highest BCUT2D eigenvalue weighted by molar-refractivity contribution is 7.99. The predicted molar refractivity (Wildman–Crippen MR) is 108 cm³/mol. The number of likely N-dealkylation sites (tertiary alicyclic amines) is 1. The van der Waals surface area contributed by atoms with Gasteiger partial charge in [-0.05, 0) is 38.3 Å². The predicted octanol–water partition coefficient (Wildman–Crippen LogP) is 3.89. The lowest BCUT2D eigenvalue weighted by atomic mass is 10.0. The first-order chi connectivity index (χ1) is 13.1. The summed E-state index contributed by atoms with van der Waals surface area (Å²) in [6.07, 6.45) is 3.41. The van der Waals surface area contributed by atoms with Gasteiger partial charge in [0.2, 0.25) is 5.91 Å². The van der Waals surface area contributed by atoms with Gasteiger partial charge in [-0.25, -0.2) is 4.98 Å². The van der Waals surface area contributed by atoms with Gasteiger partial charge in [-0.2, -0.15) is 0 Å². The summed E-state index contributed by atoms with van der Waals surface area (Å²) in [4.78, 5) is 19.6. The molecule has 1 aliphatic rings. The van der Waals surface area contributed by atoms with Crippen LogP contribution in [0.2, 0.25) is 0 Å². The summed E-state index contributed by atoms with van der Waals surface area (Å²) in [5, 5.41) is 10.5. The average Bonchev–Trinajstić information content (AvgIpc) is 3.10. The first kappa shape index (κ1) is 18.2. The number of piperidine rings is 1. The third-order valence-electron chi connectivity index (χ3n) is 5.21. The Kier molecular flexibility index (Phi) is 5.04. The third-order valence-corrected chi connectivity index (χ3v) is 6.12. The lowest BCUT2D eigenvalue weighted by molar-refractivity contribution is -0.131. The van der Waals surface area contributed by atoms with Crippen molar-refractivity contribution in [2.75, 3.05) is 12.3 Å². The van der Waals surface area contributed by atoms with Crippen molar-refractivity contribution in [2.45, 2.75) is 57.1 Å². The Morgan fingerprint density at radius 1 is 1.26 bits per heavy atom. The van der Waals surface area contributed by atoms with Crippen LogP contribution >= 0.6 is 11.8 Å². The van der Waals surface area contributed by atoms with E-state index >= 15 is 0 Å². The van der Waals surface area contributed by atoms with E-state index in [0.717, 1.165) is 46.9 Å². The number of hydrogen-bond acceptors (Lipinski definition) is 5. The second-order valence-corrected chi connectivity index (χ2v) is 8.45. The number of hydrogen-bond donors (Lipinski definition) is 0. The minimum absolute atomic E-state index is 0.184. The molecular formula is C20H25N5OS. The maximum Gasteiger partial charge on any atom is 0.233 e. The van der Waals surface area contributed by atoms with Gasteiger partial charge in [0, 0.05) is 23.9 Å². The Morgan fingerprint density at radius 3 is 2.85 bits per heavy atom. The van der Waals surface area contributed by atoms with Crippen LogP contribution in [0.4, 0.5) is 0 Å². The number of nitrogens with zero attached hydrogens (tertiary/aromatic N) is 5. The van der Waals surface area contributed by atoms with Gasteiger partial charge in [0.15, 0.2) is 10.8 Å². The molecule has 4 rings (SSSR count). The largest absolute Gasteiger partial charge is 0.339 e. The van der Waals surface area contributed by atoms with E-state index < -0.39 is 0 Å². The Morgan fingerprint density at radius 2 is 2.07 bits per heavy atom. The summed E-state index contributed by atoms with van der Waals surface area (Å²) in [7, 11) is 0. The van der Waals surface area contributed by atoms with Crippen LogP contribution in [0.15, 0.2) is 29.4 Å². The van der Waals surface area contributed by atoms with Gasteiger partial charge in [0.25, 0.3) is 0 Å². The van der Waals surface area contributed by atoms with E-state index in [1.807, 2.05) is 33.6 Å². The average molecular weight is 384 g/mol. The molecule has 3 aromatic rings. The number of thioether (sulfide) groups is 1. The maximum atomic E-state index is 12.7. The zero-order valence-corrected chi connectivity index (χ0v) is 16.9. The molecule has 1 fully saturated rings. The van der Waals surface area contributed by atoms with Crippen molar-refractivity contribution in [2.24, 2.45) is 0 Å². The topological polar surface area (TPSA) is 63.4 Å². The molecule has 1 aliphatic heterocycles. The smallest absolute Gasteiger partial charge is 0.233 e. The Labute approximate surface area is 163 Å². The van der Waals surface area contributed by atoms with Crippen LogP contribution in [0.5, 0.6) is 0 Å². The third kappa shape index (κ3) is 3.40. The fourth-order valence-electron chi connectivity index (χ4n) is 3.74. The van der Waals surface area contributed by atoms with Gasteiger partial charge in [-0.3, -0.25) is 9.20 Å². The van der Waals surface area contributed by atoms with E-state index in [1.165, 1.54) is 18.2 Å². The van der Waals surface area contributed by atoms with Crippen molar-refractivity contribution in [1.29, 1.82) is 0 Å². The molecule has 0 spiro atoms. The molecule has 1 atom stereocenters. The van der Waals surface area contributed by atoms with E-state index in [0.29, 0.717) is 11.8 Å².